The van der Waals surface area contributed by atoms with Gasteiger partial charge in [-0.25, -0.2) is 8.78 Å². The molecule has 0 bridgehead atoms. The standard InChI is InChI=1S/C11H12F2INO/c12-8-4-3-5-9(13)10(8)11(16)15-7-2-1-6-14/h3-5H,1-2,6-7H2,(H,15,16). The second-order valence-corrected chi connectivity index (χ2v) is 4.33. The zero-order chi connectivity index (χ0) is 12.0. The number of rotatable bonds is 5. The molecule has 1 aromatic carbocycles. The minimum absolute atomic E-state index is 0.440. The Kier molecular flexibility index (Phi) is 5.65. The Morgan fingerprint density at radius 2 is 1.88 bits per heavy atom. The fourth-order valence-corrected chi connectivity index (χ4v) is 1.76. The first kappa shape index (κ1) is 13.3. The summed E-state index contributed by atoms with van der Waals surface area (Å²) >= 11 is 2.23. The monoisotopic (exact) mass is 339 g/mol. The van der Waals surface area contributed by atoms with E-state index < -0.39 is 23.1 Å². The highest BCUT2D eigenvalue weighted by molar-refractivity contribution is 14.1. The van der Waals surface area contributed by atoms with Gasteiger partial charge in [0.25, 0.3) is 5.91 Å². The number of carbonyl (C=O) groups is 1. The molecule has 0 aliphatic carbocycles. The van der Waals surface area contributed by atoms with Crippen molar-refractivity contribution in [2.75, 3.05) is 11.0 Å². The van der Waals surface area contributed by atoms with Gasteiger partial charge in [-0.15, -0.1) is 0 Å². The van der Waals surface area contributed by atoms with Crippen molar-refractivity contribution < 1.29 is 13.6 Å². The van der Waals surface area contributed by atoms with Gasteiger partial charge in [0.1, 0.15) is 17.2 Å². The molecule has 16 heavy (non-hydrogen) atoms. The van der Waals surface area contributed by atoms with Crippen LogP contribution < -0.4 is 5.32 Å². The van der Waals surface area contributed by atoms with E-state index in [2.05, 4.69) is 27.9 Å². The molecule has 2 nitrogen and oxygen atoms in total. The van der Waals surface area contributed by atoms with Crippen LogP contribution in [0.2, 0.25) is 0 Å². The van der Waals surface area contributed by atoms with Crippen LogP contribution in [-0.4, -0.2) is 16.9 Å². The third-order valence-corrected chi connectivity index (χ3v) is 2.80. The van der Waals surface area contributed by atoms with Gasteiger partial charge in [0.15, 0.2) is 0 Å². The lowest BCUT2D eigenvalue weighted by Gasteiger charge is -2.06. The lowest BCUT2D eigenvalue weighted by atomic mass is 10.2. The highest BCUT2D eigenvalue weighted by Gasteiger charge is 2.15. The summed E-state index contributed by atoms with van der Waals surface area (Å²) in [6.45, 7) is 0.440. The van der Waals surface area contributed by atoms with Crippen molar-refractivity contribution in [3.63, 3.8) is 0 Å². The van der Waals surface area contributed by atoms with Gasteiger partial charge in [0, 0.05) is 6.54 Å². The quantitative estimate of drug-likeness (QED) is 0.499. The Labute approximate surface area is 107 Å². The van der Waals surface area contributed by atoms with Crippen LogP contribution >= 0.6 is 22.6 Å². The van der Waals surface area contributed by atoms with E-state index in [9.17, 15) is 13.6 Å². The van der Waals surface area contributed by atoms with Gasteiger partial charge in [0.05, 0.1) is 0 Å². The van der Waals surface area contributed by atoms with Crippen molar-refractivity contribution in [2.24, 2.45) is 0 Å². The molecule has 1 N–H and O–H groups in total. The Morgan fingerprint density at radius 1 is 1.25 bits per heavy atom. The number of alkyl halides is 1. The number of benzene rings is 1. The Balaban J connectivity index is 2.59. The zero-order valence-electron chi connectivity index (χ0n) is 8.60. The fourth-order valence-electron chi connectivity index (χ4n) is 1.22. The molecule has 1 rings (SSSR count). The smallest absolute Gasteiger partial charge is 0.257 e. The summed E-state index contributed by atoms with van der Waals surface area (Å²) in [5.41, 5.74) is -0.503. The van der Waals surface area contributed by atoms with Crippen LogP contribution in [0.25, 0.3) is 0 Å². The maximum Gasteiger partial charge on any atom is 0.257 e. The predicted octanol–water partition coefficient (Wildman–Crippen LogP) is 2.91. The summed E-state index contributed by atoms with van der Waals surface area (Å²) in [5.74, 6) is -2.35. The van der Waals surface area contributed by atoms with E-state index >= 15 is 0 Å². The van der Waals surface area contributed by atoms with Gasteiger partial charge in [-0.05, 0) is 29.4 Å². The third-order valence-electron chi connectivity index (χ3n) is 2.04. The van der Waals surface area contributed by atoms with E-state index in [0.29, 0.717) is 6.54 Å². The van der Waals surface area contributed by atoms with Gasteiger partial charge < -0.3 is 5.32 Å². The van der Waals surface area contributed by atoms with Crippen LogP contribution in [0.5, 0.6) is 0 Å². The van der Waals surface area contributed by atoms with Crippen LogP contribution in [0.1, 0.15) is 23.2 Å². The summed E-state index contributed by atoms with van der Waals surface area (Å²) < 4.78 is 27.4. The van der Waals surface area contributed by atoms with E-state index in [1.165, 1.54) is 6.07 Å². The molecule has 0 aromatic heterocycles. The first-order chi connectivity index (χ1) is 7.66. The molecule has 0 fully saturated rings. The lowest BCUT2D eigenvalue weighted by Crippen LogP contribution is -2.26. The van der Waals surface area contributed by atoms with Crippen LogP contribution in [0.4, 0.5) is 8.78 Å². The van der Waals surface area contributed by atoms with Gasteiger partial charge in [0.2, 0.25) is 0 Å². The van der Waals surface area contributed by atoms with Crippen molar-refractivity contribution in [1.82, 2.24) is 5.32 Å². The van der Waals surface area contributed by atoms with E-state index in [0.717, 1.165) is 29.4 Å². The summed E-state index contributed by atoms with van der Waals surface area (Å²) in [7, 11) is 0. The topological polar surface area (TPSA) is 29.1 Å². The van der Waals surface area contributed by atoms with Crippen molar-refractivity contribution in [3.05, 3.63) is 35.4 Å². The minimum atomic E-state index is -0.827. The molecule has 0 atom stereocenters. The number of hydrogen-bond acceptors (Lipinski definition) is 1. The Morgan fingerprint density at radius 3 is 2.44 bits per heavy atom. The third kappa shape index (κ3) is 3.70. The summed E-state index contributed by atoms with van der Waals surface area (Å²) in [4.78, 5) is 11.5. The second-order valence-electron chi connectivity index (χ2n) is 3.25. The van der Waals surface area contributed by atoms with Gasteiger partial charge in [-0.1, -0.05) is 28.7 Å². The van der Waals surface area contributed by atoms with Gasteiger partial charge >= 0.3 is 0 Å². The van der Waals surface area contributed by atoms with E-state index in [4.69, 9.17) is 0 Å². The Hall–Kier alpha value is -0.720. The summed E-state index contributed by atoms with van der Waals surface area (Å²) in [5, 5.41) is 2.49. The largest absolute Gasteiger partial charge is 0.352 e. The maximum absolute atomic E-state index is 13.2. The normalized spacial score (nSPS) is 10.2. The molecule has 0 spiro atoms. The summed E-state index contributed by atoms with van der Waals surface area (Å²) in [6, 6.07) is 3.38. The molecule has 1 aromatic rings. The van der Waals surface area contributed by atoms with E-state index in [-0.39, 0.29) is 0 Å². The zero-order valence-corrected chi connectivity index (χ0v) is 10.8. The average Bonchev–Trinajstić information content (AvgIpc) is 2.24. The molecule has 0 saturated carbocycles. The lowest BCUT2D eigenvalue weighted by molar-refractivity contribution is 0.0945. The molecule has 0 heterocycles. The predicted molar refractivity (Wildman–Crippen MR) is 66.8 cm³/mol. The van der Waals surface area contributed by atoms with Crippen LogP contribution in [0, 0.1) is 11.6 Å². The molecule has 88 valence electrons. The summed E-state index contributed by atoms with van der Waals surface area (Å²) in [6.07, 6.45) is 1.78. The average molecular weight is 339 g/mol. The molecule has 0 aliphatic rings. The number of unbranched alkanes of at least 4 members (excludes halogenated alkanes) is 1. The molecular formula is C11H12F2INO. The van der Waals surface area contributed by atoms with E-state index in [1.54, 1.807) is 0 Å². The SMILES string of the molecule is O=C(NCCCCI)c1c(F)cccc1F. The fraction of sp³-hybridized carbons (Fsp3) is 0.364. The molecule has 0 aliphatic heterocycles. The molecule has 0 saturated heterocycles. The molecule has 5 heteroatoms. The minimum Gasteiger partial charge on any atom is -0.352 e. The maximum atomic E-state index is 13.2. The van der Waals surface area contributed by atoms with Crippen LogP contribution in [-0.2, 0) is 0 Å². The molecule has 0 radical (unpaired) electrons. The van der Waals surface area contributed by atoms with Crippen molar-refractivity contribution in [3.8, 4) is 0 Å². The number of carbonyl (C=O) groups excluding carboxylic acids is 1. The number of halogens is 3. The van der Waals surface area contributed by atoms with Crippen molar-refractivity contribution in [1.29, 1.82) is 0 Å². The molecule has 1 amide bonds. The second kappa shape index (κ2) is 6.78. The molecule has 0 unspecified atom stereocenters. The van der Waals surface area contributed by atoms with Gasteiger partial charge in [-0.2, -0.15) is 0 Å². The molecular weight excluding hydrogens is 327 g/mol. The highest BCUT2D eigenvalue weighted by Crippen LogP contribution is 2.11. The first-order valence-electron chi connectivity index (χ1n) is 4.95. The van der Waals surface area contributed by atoms with Crippen molar-refractivity contribution in [2.45, 2.75) is 12.8 Å². The highest BCUT2D eigenvalue weighted by atomic mass is 127. The Bertz CT molecular complexity index is 351. The van der Waals surface area contributed by atoms with Crippen LogP contribution in [0.3, 0.4) is 0 Å². The van der Waals surface area contributed by atoms with Gasteiger partial charge in [-0.3, -0.25) is 4.79 Å². The van der Waals surface area contributed by atoms with Crippen LogP contribution in [0.15, 0.2) is 18.2 Å². The first-order valence-corrected chi connectivity index (χ1v) is 6.47. The van der Waals surface area contributed by atoms with Crippen molar-refractivity contribution >= 4 is 28.5 Å². The number of amides is 1. The number of hydrogen-bond donors (Lipinski definition) is 1. The number of nitrogens with one attached hydrogen (secondary N) is 1. The van der Waals surface area contributed by atoms with E-state index in [1.807, 2.05) is 0 Å².